The number of likely N-dealkylation sites (tertiary alicyclic amines) is 1. The van der Waals surface area contributed by atoms with Gasteiger partial charge in [0.15, 0.2) is 15.6 Å². The molecule has 1 saturated heterocycles. The molecule has 0 aromatic heterocycles. The molecule has 0 aliphatic carbocycles. The average molecular weight is 512 g/mol. The Bertz CT molecular complexity index is 1270. The van der Waals surface area contributed by atoms with Gasteiger partial charge in [0.2, 0.25) is 15.9 Å². The number of benzene rings is 1. The molecule has 1 N–H and O–H groups in total. The average Bonchev–Trinajstić information content (AvgIpc) is 2.88. The summed E-state index contributed by atoms with van der Waals surface area (Å²) in [5.41, 5.74) is -0.387. The number of carbonyl (C=O) groups is 2. The summed E-state index contributed by atoms with van der Waals surface area (Å²) in [7, 11) is -7.55. The normalized spacial score (nSPS) is 23.0. The molecule has 11 heteroatoms. The van der Waals surface area contributed by atoms with E-state index in [1.807, 2.05) is 20.8 Å². The van der Waals surface area contributed by atoms with E-state index in [1.165, 1.54) is 18.2 Å². The fraction of sp³-hybridized carbons (Fsp3) is 0.609. The van der Waals surface area contributed by atoms with Gasteiger partial charge >= 0.3 is 0 Å². The molecule has 1 aromatic carbocycles. The molecule has 0 radical (unpaired) electrons. The molecule has 9 nitrogen and oxygen atoms in total. The quantitative estimate of drug-likeness (QED) is 0.605. The molecule has 1 fully saturated rings. The minimum atomic E-state index is -3.95. The summed E-state index contributed by atoms with van der Waals surface area (Å²) in [6.07, 6.45) is 1.65. The van der Waals surface area contributed by atoms with Crippen molar-refractivity contribution in [3.05, 3.63) is 18.2 Å². The summed E-state index contributed by atoms with van der Waals surface area (Å²) in [6.45, 7) is 12.2. The van der Waals surface area contributed by atoms with Gasteiger partial charge in [0, 0.05) is 12.2 Å². The summed E-state index contributed by atoms with van der Waals surface area (Å²) in [5, 5.41) is 0. The number of rotatable bonds is 5. The molecule has 1 aromatic rings. The third-order valence-corrected chi connectivity index (χ3v) is 8.13. The highest BCUT2D eigenvalue weighted by Crippen LogP contribution is 2.39. The lowest BCUT2D eigenvalue weighted by Crippen LogP contribution is -2.45. The van der Waals surface area contributed by atoms with Gasteiger partial charge in [-0.25, -0.2) is 16.8 Å². The molecule has 0 bridgehead atoms. The van der Waals surface area contributed by atoms with Crippen LogP contribution in [0.4, 0.5) is 11.4 Å². The zero-order chi connectivity index (χ0) is 25.9. The van der Waals surface area contributed by atoms with E-state index >= 15 is 0 Å². The Hall–Kier alpha value is -2.27. The van der Waals surface area contributed by atoms with Crippen LogP contribution < -0.4 is 4.72 Å². The number of hydrogen-bond acceptors (Lipinski definition) is 7. The molecule has 188 valence electrons. The highest BCUT2D eigenvalue weighted by Gasteiger charge is 2.54. The number of nitrogens with zero attached hydrogens (tertiary/aromatic N) is 2. The summed E-state index contributed by atoms with van der Waals surface area (Å²) in [5.74, 6) is -2.57. The number of ketones is 1. The minimum absolute atomic E-state index is 0.0128. The van der Waals surface area contributed by atoms with E-state index in [2.05, 4.69) is 30.5 Å². The maximum absolute atomic E-state index is 13.5. The van der Waals surface area contributed by atoms with Gasteiger partial charge in [-0.2, -0.15) is 0 Å². The standard InChI is InChI=1S/C23H33N3O6S2/c1-22(2,3)10-11-26-20(23(4,5)6)19(27)18(21(26)28)16-13-34(31,32)17-12-14(25-33(7,29)30)8-9-15(17)24-16/h8-9,12,18,20,25H,10-11,13H2,1-7H3/t18?,20-/m1/s1. The Morgan fingerprint density at radius 1 is 1.12 bits per heavy atom. The highest BCUT2D eigenvalue weighted by atomic mass is 32.2. The number of anilines is 1. The van der Waals surface area contributed by atoms with E-state index in [0.717, 1.165) is 6.26 Å². The third kappa shape index (κ3) is 5.51. The van der Waals surface area contributed by atoms with Gasteiger partial charge in [0.1, 0.15) is 5.92 Å². The molecule has 2 aliphatic rings. The molecular formula is C23H33N3O6S2. The first-order valence-electron chi connectivity index (χ1n) is 11.1. The van der Waals surface area contributed by atoms with Crippen LogP contribution in [0.25, 0.3) is 0 Å². The van der Waals surface area contributed by atoms with Crippen molar-refractivity contribution in [3.8, 4) is 0 Å². The van der Waals surface area contributed by atoms with Crippen molar-refractivity contribution in [3.63, 3.8) is 0 Å². The number of sulfone groups is 1. The maximum Gasteiger partial charge on any atom is 0.239 e. The molecule has 0 spiro atoms. The van der Waals surface area contributed by atoms with Gasteiger partial charge in [-0.1, -0.05) is 41.5 Å². The van der Waals surface area contributed by atoms with E-state index < -0.39 is 48.9 Å². The maximum atomic E-state index is 13.5. The predicted octanol–water partition coefficient (Wildman–Crippen LogP) is 2.80. The van der Waals surface area contributed by atoms with Crippen LogP contribution in [0, 0.1) is 16.7 Å². The Morgan fingerprint density at radius 3 is 2.26 bits per heavy atom. The van der Waals surface area contributed by atoms with Crippen LogP contribution in [-0.4, -0.2) is 63.7 Å². The number of amides is 1. The highest BCUT2D eigenvalue weighted by molar-refractivity contribution is 7.92. The second kappa shape index (κ2) is 8.44. The summed E-state index contributed by atoms with van der Waals surface area (Å²) < 4.78 is 51.5. The lowest BCUT2D eigenvalue weighted by molar-refractivity contribution is -0.132. The van der Waals surface area contributed by atoms with Crippen LogP contribution in [0.2, 0.25) is 0 Å². The van der Waals surface area contributed by atoms with Crippen LogP contribution in [0.1, 0.15) is 48.0 Å². The first-order valence-corrected chi connectivity index (χ1v) is 14.6. The number of fused-ring (bicyclic) bond motifs is 1. The number of Topliss-reactive ketones (excluding diaryl/α,β-unsaturated/α-hetero) is 1. The third-order valence-electron chi connectivity index (χ3n) is 5.85. The SMILES string of the molecule is CC(C)(C)CCN1C(=O)C(C2=Nc3ccc(NS(C)(=O)=O)cc3S(=O)(=O)C2)C(=O)[C@@H]1C(C)(C)C. The molecular weight excluding hydrogens is 478 g/mol. The first kappa shape index (κ1) is 26.3. The lowest BCUT2D eigenvalue weighted by atomic mass is 9.82. The Morgan fingerprint density at radius 2 is 1.74 bits per heavy atom. The molecule has 2 aliphatic heterocycles. The fourth-order valence-electron chi connectivity index (χ4n) is 4.36. The summed E-state index contributed by atoms with van der Waals surface area (Å²) >= 11 is 0. The minimum Gasteiger partial charge on any atom is -0.331 e. The summed E-state index contributed by atoms with van der Waals surface area (Å²) in [4.78, 5) is 32.9. The second-order valence-corrected chi connectivity index (χ2v) is 15.1. The zero-order valence-electron chi connectivity index (χ0n) is 20.7. The summed E-state index contributed by atoms with van der Waals surface area (Å²) in [6, 6.07) is 3.30. The number of aliphatic imine (C=N–C) groups is 1. The van der Waals surface area contributed by atoms with Gasteiger partial charge in [-0.15, -0.1) is 0 Å². The fourth-order valence-corrected chi connectivity index (χ4v) is 6.43. The second-order valence-electron chi connectivity index (χ2n) is 11.4. The number of nitrogens with one attached hydrogen (secondary N) is 1. The zero-order valence-corrected chi connectivity index (χ0v) is 22.3. The first-order chi connectivity index (χ1) is 15.3. The van der Waals surface area contributed by atoms with E-state index in [0.29, 0.717) is 13.0 Å². The van der Waals surface area contributed by atoms with Crippen molar-refractivity contribution in [2.75, 3.05) is 23.3 Å². The van der Waals surface area contributed by atoms with Crippen LogP contribution >= 0.6 is 0 Å². The van der Waals surface area contributed by atoms with Crippen LogP contribution in [-0.2, 0) is 29.4 Å². The van der Waals surface area contributed by atoms with E-state index in [4.69, 9.17) is 0 Å². The van der Waals surface area contributed by atoms with Gasteiger partial charge in [0.25, 0.3) is 0 Å². The number of carbonyl (C=O) groups excluding carboxylic acids is 2. The van der Waals surface area contributed by atoms with Crippen LogP contribution in [0.3, 0.4) is 0 Å². The molecule has 3 rings (SSSR count). The Kier molecular flexibility index (Phi) is 6.54. The van der Waals surface area contributed by atoms with E-state index in [-0.39, 0.29) is 33.2 Å². The van der Waals surface area contributed by atoms with Crippen molar-refractivity contribution >= 4 is 48.6 Å². The van der Waals surface area contributed by atoms with Gasteiger partial charge < -0.3 is 4.90 Å². The lowest BCUT2D eigenvalue weighted by Gasteiger charge is -2.35. The van der Waals surface area contributed by atoms with E-state index in [9.17, 15) is 26.4 Å². The molecule has 0 saturated carbocycles. The Labute approximate surface area is 202 Å². The van der Waals surface area contributed by atoms with Crippen molar-refractivity contribution in [2.24, 2.45) is 21.7 Å². The van der Waals surface area contributed by atoms with Crippen molar-refractivity contribution in [2.45, 2.75) is 58.9 Å². The molecule has 2 atom stereocenters. The molecule has 2 heterocycles. The largest absolute Gasteiger partial charge is 0.331 e. The Balaban J connectivity index is 2.04. The smallest absolute Gasteiger partial charge is 0.239 e. The van der Waals surface area contributed by atoms with Crippen molar-refractivity contribution < 1.29 is 26.4 Å². The van der Waals surface area contributed by atoms with Crippen molar-refractivity contribution in [1.29, 1.82) is 0 Å². The van der Waals surface area contributed by atoms with Gasteiger partial charge in [-0.05, 0) is 35.4 Å². The predicted molar refractivity (Wildman–Crippen MR) is 132 cm³/mol. The van der Waals surface area contributed by atoms with Gasteiger partial charge in [-0.3, -0.25) is 19.3 Å². The molecule has 1 amide bonds. The molecule has 34 heavy (non-hydrogen) atoms. The number of sulfonamides is 1. The van der Waals surface area contributed by atoms with Crippen LogP contribution in [0.5, 0.6) is 0 Å². The topological polar surface area (TPSA) is 130 Å². The number of hydrogen-bond donors (Lipinski definition) is 1. The van der Waals surface area contributed by atoms with Crippen LogP contribution in [0.15, 0.2) is 28.1 Å². The molecule has 1 unspecified atom stereocenters. The van der Waals surface area contributed by atoms with Gasteiger partial charge in [0.05, 0.1) is 34.3 Å². The van der Waals surface area contributed by atoms with E-state index in [1.54, 1.807) is 4.90 Å². The monoisotopic (exact) mass is 511 g/mol. The van der Waals surface area contributed by atoms with Crippen molar-refractivity contribution in [1.82, 2.24) is 4.90 Å².